The first-order valence-electron chi connectivity index (χ1n) is 10.1. The zero-order valence-corrected chi connectivity index (χ0v) is 17.2. The summed E-state index contributed by atoms with van der Waals surface area (Å²) in [5.41, 5.74) is -0.196. The normalized spacial score (nSPS) is 14.6. The lowest BCUT2D eigenvalue weighted by atomic mass is 9.80. The molecule has 180 valence electrons. The Labute approximate surface area is 188 Å². The largest absolute Gasteiger partial charge is 0.573 e. The number of halogens is 8. The highest BCUT2D eigenvalue weighted by Crippen LogP contribution is 2.39. The maximum Gasteiger partial charge on any atom is 0.573 e. The molecule has 0 heterocycles. The summed E-state index contributed by atoms with van der Waals surface area (Å²) in [5, 5.41) is 0. The smallest absolute Gasteiger partial charge is 0.429 e. The van der Waals surface area contributed by atoms with E-state index in [1.807, 2.05) is 12.1 Å². The molecule has 0 aromatic heterocycles. The van der Waals surface area contributed by atoms with E-state index in [9.17, 15) is 35.1 Å². The van der Waals surface area contributed by atoms with Crippen LogP contribution in [0.3, 0.4) is 0 Å². The second kappa shape index (κ2) is 8.81. The summed E-state index contributed by atoms with van der Waals surface area (Å²) >= 11 is 0. The van der Waals surface area contributed by atoms with Crippen LogP contribution in [0, 0.1) is 17.5 Å². The quantitative estimate of drug-likeness (QED) is 0.327. The van der Waals surface area contributed by atoms with Crippen molar-refractivity contribution in [1.29, 1.82) is 0 Å². The third-order valence-corrected chi connectivity index (χ3v) is 5.53. The van der Waals surface area contributed by atoms with Gasteiger partial charge in [0.15, 0.2) is 11.6 Å². The highest BCUT2D eigenvalue weighted by atomic mass is 19.4. The molecule has 0 atom stereocenters. The molecule has 3 aromatic rings. The van der Waals surface area contributed by atoms with Crippen molar-refractivity contribution in [3.05, 3.63) is 83.2 Å². The number of rotatable bonds is 6. The first-order valence-corrected chi connectivity index (χ1v) is 10.1. The molecule has 0 bridgehead atoms. The van der Waals surface area contributed by atoms with Gasteiger partial charge in [0.2, 0.25) is 0 Å². The first kappa shape index (κ1) is 23.8. The Kier molecular flexibility index (Phi) is 6.18. The fraction of sp³-hybridized carbons (Fsp3) is 0.250. The number of ether oxygens (including phenoxy) is 2. The molecule has 0 unspecified atom stereocenters. The van der Waals surface area contributed by atoms with Gasteiger partial charge in [0.05, 0.1) is 0 Å². The van der Waals surface area contributed by atoms with Crippen molar-refractivity contribution in [2.24, 2.45) is 0 Å². The van der Waals surface area contributed by atoms with Crippen LogP contribution in [0.5, 0.6) is 11.5 Å². The zero-order valence-electron chi connectivity index (χ0n) is 17.2. The summed E-state index contributed by atoms with van der Waals surface area (Å²) in [6.07, 6.45) is -6.54. The van der Waals surface area contributed by atoms with Gasteiger partial charge in [-0.2, -0.15) is 8.78 Å². The lowest BCUT2D eigenvalue weighted by Crippen LogP contribution is -2.25. The molecular formula is C24H16F8O2. The summed E-state index contributed by atoms with van der Waals surface area (Å²) in [4.78, 5) is 0. The van der Waals surface area contributed by atoms with Crippen LogP contribution in [0.25, 0.3) is 11.1 Å². The van der Waals surface area contributed by atoms with Crippen LogP contribution >= 0.6 is 0 Å². The van der Waals surface area contributed by atoms with Gasteiger partial charge in [-0.3, -0.25) is 0 Å². The molecule has 1 saturated carbocycles. The predicted molar refractivity (Wildman–Crippen MR) is 106 cm³/mol. The molecule has 3 aromatic carbocycles. The topological polar surface area (TPSA) is 18.5 Å². The highest BCUT2D eigenvalue weighted by molar-refractivity contribution is 5.64. The Bertz CT molecular complexity index is 1160. The van der Waals surface area contributed by atoms with E-state index in [0.29, 0.717) is 23.6 Å². The monoisotopic (exact) mass is 488 g/mol. The van der Waals surface area contributed by atoms with Crippen molar-refractivity contribution in [2.45, 2.75) is 37.7 Å². The van der Waals surface area contributed by atoms with E-state index in [1.165, 1.54) is 0 Å². The number of alkyl halides is 5. The van der Waals surface area contributed by atoms with Gasteiger partial charge in [0.25, 0.3) is 0 Å². The van der Waals surface area contributed by atoms with Gasteiger partial charge < -0.3 is 9.47 Å². The van der Waals surface area contributed by atoms with E-state index in [0.717, 1.165) is 37.0 Å². The van der Waals surface area contributed by atoms with Crippen LogP contribution in [0.15, 0.2) is 54.6 Å². The maximum absolute atomic E-state index is 14.6. The van der Waals surface area contributed by atoms with Gasteiger partial charge in [-0.15, -0.1) is 13.2 Å². The molecule has 0 amide bonds. The van der Waals surface area contributed by atoms with Crippen LogP contribution in [0.1, 0.15) is 36.3 Å². The Morgan fingerprint density at radius 3 is 1.79 bits per heavy atom. The standard InChI is InChI=1S/C24H16F8O2/c25-18-12-17(8-9-21(18)34-24(30,31)32)33-23(28,29)22-19(26)10-16(11-20(22)27)15-6-4-14(5-7-15)13-2-1-3-13/h4-13H,1-3H2. The number of benzene rings is 3. The average Bonchev–Trinajstić information content (AvgIpc) is 2.67. The molecule has 10 heteroatoms. The Morgan fingerprint density at radius 2 is 1.29 bits per heavy atom. The van der Waals surface area contributed by atoms with Crippen molar-refractivity contribution >= 4 is 0 Å². The van der Waals surface area contributed by atoms with Crippen LogP contribution in [0.4, 0.5) is 35.1 Å². The minimum atomic E-state index is -5.21. The molecule has 4 rings (SSSR count). The van der Waals surface area contributed by atoms with Crippen LogP contribution in [-0.4, -0.2) is 6.36 Å². The molecule has 0 radical (unpaired) electrons. The molecule has 1 fully saturated rings. The van der Waals surface area contributed by atoms with E-state index >= 15 is 0 Å². The molecule has 1 aliphatic rings. The van der Waals surface area contributed by atoms with E-state index in [-0.39, 0.29) is 11.6 Å². The third kappa shape index (κ3) is 5.10. The molecule has 2 nitrogen and oxygen atoms in total. The fourth-order valence-corrected chi connectivity index (χ4v) is 3.66. The minimum Gasteiger partial charge on any atom is -0.429 e. The van der Waals surface area contributed by atoms with Crippen LogP contribution < -0.4 is 9.47 Å². The second-order valence-electron chi connectivity index (χ2n) is 7.82. The van der Waals surface area contributed by atoms with Gasteiger partial charge >= 0.3 is 12.5 Å². The van der Waals surface area contributed by atoms with E-state index < -0.39 is 47.0 Å². The zero-order chi connectivity index (χ0) is 24.7. The fourth-order valence-electron chi connectivity index (χ4n) is 3.66. The summed E-state index contributed by atoms with van der Waals surface area (Å²) in [7, 11) is 0. The number of hydrogen-bond donors (Lipinski definition) is 0. The predicted octanol–water partition coefficient (Wildman–Crippen LogP) is 8.07. The van der Waals surface area contributed by atoms with Gasteiger partial charge in [0.1, 0.15) is 22.9 Å². The molecule has 0 saturated heterocycles. The van der Waals surface area contributed by atoms with E-state index in [1.54, 1.807) is 12.1 Å². The summed E-state index contributed by atoms with van der Waals surface area (Å²) in [6, 6.07) is 9.49. The molecule has 0 aliphatic heterocycles. The Morgan fingerprint density at radius 1 is 0.676 bits per heavy atom. The van der Waals surface area contributed by atoms with Gasteiger partial charge in [0, 0.05) is 6.07 Å². The molecule has 0 N–H and O–H groups in total. The summed E-state index contributed by atoms with van der Waals surface area (Å²) in [5.74, 6) is -6.69. The summed E-state index contributed by atoms with van der Waals surface area (Å²) in [6.45, 7) is 0. The molecular weight excluding hydrogens is 472 g/mol. The van der Waals surface area contributed by atoms with Crippen molar-refractivity contribution in [2.75, 3.05) is 0 Å². The lowest BCUT2D eigenvalue weighted by molar-refractivity contribution is -0.275. The molecule has 0 spiro atoms. The molecule has 1 aliphatic carbocycles. The van der Waals surface area contributed by atoms with Gasteiger partial charge in [-0.1, -0.05) is 30.7 Å². The number of hydrogen-bond acceptors (Lipinski definition) is 2. The van der Waals surface area contributed by atoms with Gasteiger partial charge in [-0.25, -0.2) is 13.2 Å². The Hall–Kier alpha value is -3.30. The highest BCUT2D eigenvalue weighted by Gasteiger charge is 2.41. The minimum absolute atomic E-state index is 0.0226. The van der Waals surface area contributed by atoms with E-state index in [2.05, 4.69) is 9.47 Å². The summed E-state index contributed by atoms with van der Waals surface area (Å²) < 4.78 is 116. The van der Waals surface area contributed by atoms with Gasteiger partial charge in [-0.05, 0) is 59.7 Å². The van der Waals surface area contributed by atoms with Crippen molar-refractivity contribution in [3.63, 3.8) is 0 Å². The van der Waals surface area contributed by atoms with E-state index in [4.69, 9.17) is 0 Å². The Balaban J connectivity index is 1.56. The first-order chi connectivity index (χ1) is 15.9. The van der Waals surface area contributed by atoms with Crippen molar-refractivity contribution in [1.82, 2.24) is 0 Å². The average molecular weight is 488 g/mol. The van der Waals surface area contributed by atoms with Crippen molar-refractivity contribution < 1.29 is 44.6 Å². The lowest BCUT2D eigenvalue weighted by Gasteiger charge is -2.25. The second-order valence-corrected chi connectivity index (χ2v) is 7.82. The SMILES string of the molecule is Fc1cc(OC(F)(F)c2c(F)cc(-c3ccc(C4CCC4)cc3)cc2F)ccc1OC(F)(F)F. The maximum atomic E-state index is 14.6. The van der Waals surface area contributed by atoms with Crippen molar-refractivity contribution in [3.8, 4) is 22.6 Å². The van der Waals surface area contributed by atoms with Crippen LogP contribution in [-0.2, 0) is 6.11 Å². The molecule has 34 heavy (non-hydrogen) atoms. The van der Waals surface area contributed by atoms with Crippen LogP contribution in [0.2, 0.25) is 0 Å². The third-order valence-electron chi connectivity index (χ3n) is 5.53.